The Labute approximate surface area is 120 Å². The molecular formula is C16H25N3O. The summed E-state index contributed by atoms with van der Waals surface area (Å²) in [5, 5.41) is 19.1. The van der Waals surface area contributed by atoms with Gasteiger partial charge in [-0.2, -0.15) is 0 Å². The van der Waals surface area contributed by atoms with Crippen LogP contribution in [0.4, 0.5) is 0 Å². The smallest absolute Gasteiger partial charge is 0.0852 e. The van der Waals surface area contributed by atoms with Crippen LogP contribution in [0.25, 0.3) is 0 Å². The van der Waals surface area contributed by atoms with Crippen molar-refractivity contribution in [1.82, 2.24) is 15.0 Å². The molecule has 20 heavy (non-hydrogen) atoms. The second-order valence-electron chi connectivity index (χ2n) is 8.24. The fraction of sp³-hybridized carbons (Fsp3) is 0.875. The molecule has 0 aliphatic heterocycles. The first-order chi connectivity index (χ1) is 9.46. The Hall–Kier alpha value is -0.900. The molecule has 4 nitrogen and oxygen atoms in total. The van der Waals surface area contributed by atoms with Crippen LogP contribution >= 0.6 is 0 Å². The molecule has 1 aromatic rings. The Morgan fingerprint density at radius 2 is 2.05 bits per heavy atom. The molecule has 4 bridgehead atoms. The van der Waals surface area contributed by atoms with Gasteiger partial charge in [-0.15, -0.1) is 5.10 Å². The summed E-state index contributed by atoms with van der Waals surface area (Å²) in [4.78, 5) is 0. The molecule has 4 heteroatoms. The Morgan fingerprint density at radius 1 is 1.35 bits per heavy atom. The van der Waals surface area contributed by atoms with Gasteiger partial charge >= 0.3 is 0 Å². The summed E-state index contributed by atoms with van der Waals surface area (Å²) in [6, 6.07) is 0. The Bertz CT molecular complexity index is 510. The fourth-order valence-corrected chi connectivity index (χ4v) is 6.09. The number of rotatable bonds is 3. The first-order valence-electron chi connectivity index (χ1n) is 8.00. The first-order valence-corrected chi connectivity index (χ1v) is 8.00. The molecule has 0 amide bonds. The van der Waals surface area contributed by atoms with Crippen LogP contribution in [0.3, 0.4) is 0 Å². The van der Waals surface area contributed by atoms with Crippen LogP contribution in [0.15, 0.2) is 6.20 Å². The SMILES string of the molecule is Cn1cc(CC(O)C23CC4CC(CC(C)(C4)C2)C3)nn1. The van der Waals surface area contributed by atoms with Gasteiger partial charge in [-0.25, -0.2) is 0 Å². The number of hydrogen-bond donors (Lipinski definition) is 1. The van der Waals surface area contributed by atoms with Crippen molar-refractivity contribution in [2.45, 2.75) is 58.0 Å². The van der Waals surface area contributed by atoms with E-state index in [0.29, 0.717) is 11.8 Å². The van der Waals surface area contributed by atoms with Crippen LogP contribution in [-0.4, -0.2) is 26.2 Å². The molecule has 4 saturated carbocycles. The zero-order valence-corrected chi connectivity index (χ0v) is 12.5. The van der Waals surface area contributed by atoms with Gasteiger partial charge in [0.15, 0.2) is 0 Å². The van der Waals surface area contributed by atoms with E-state index in [1.165, 1.54) is 38.5 Å². The molecule has 0 radical (unpaired) electrons. The number of aromatic nitrogens is 3. The molecule has 3 unspecified atom stereocenters. The third-order valence-corrected chi connectivity index (χ3v) is 6.16. The lowest BCUT2D eigenvalue weighted by molar-refractivity contribution is -0.152. The maximum Gasteiger partial charge on any atom is 0.0852 e. The van der Waals surface area contributed by atoms with Gasteiger partial charge in [0.1, 0.15) is 0 Å². The second-order valence-corrected chi connectivity index (χ2v) is 8.24. The Balaban J connectivity index is 1.57. The molecule has 0 aromatic carbocycles. The van der Waals surface area contributed by atoms with E-state index in [2.05, 4.69) is 17.2 Å². The maximum absolute atomic E-state index is 10.9. The fourth-order valence-electron chi connectivity index (χ4n) is 6.09. The second kappa shape index (κ2) is 4.06. The lowest BCUT2D eigenvalue weighted by atomic mass is 9.43. The number of nitrogens with zero attached hydrogens (tertiary/aromatic N) is 3. The lowest BCUT2D eigenvalue weighted by Gasteiger charge is -2.62. The van der Waals surface area contributed by atoms with E-state index in [1.807, 2.05) is 13.2 Å². The number of aryl methyl sites for hydroxylation is 1. The molecule has 0 saturated heterocycles. The van der Waals surface area contributed by atoms with E-state index in [-0.39, 0.29) is 11.5 Å². The molecule has 5 rings (SSSR count). The summed E-state index contributed by atoms with van der Waals surface area (Å²) in [7, 11) is 1.88. The van der Waals surface area contributed by atoms with Crippen molar-refractivity contribution in [3.63, 3.8) is 0 Å². The van der Waals surface area contributed by atoms with Crippen LogP contribution in [0.1, 0.15) is 51.1 Å². The van der Waals surface area contributed by atoms with E-state index in [1.54, 1.807) is 4.68 Å². The van der Waals surface area contributed by atoms with Crippen molar-refractivity contribution < 1.29 is 5.11 Å². The molecule has 1 N–H and O–H groups in total. The third-order valence-electron chi connectivity index (χ3n) is 6.16. The van der Waals surface area contributed by atoms with Gasteiger partial charge < -0.3 is 5.11 Å². The van der Waals surface area contributed by atoms with Crippen molar-refractivity contribution in [1.29, 1.82) is 0 Å². The molecule has 1 aromatic heterocycles. The highest BCUT2D eigenvalue weighted by molar-refractivity contribution is 5.10. The van der Waals surface area contributed by atoms with E-state index in [4.69, 9.17) is 0 Å². The minimum Gasteiger partial charge on any atom is -0.392 e. The van der Waals surface area contributed by atoms with Gasteiger partial charge in [0.05, 0.1) is 11.8 Å². The van der Waals surface area contributed by atoms with Gasteiger partial charge in [0, 0.05) is 19.7 Å². The normalized spacial score (nSPS) is 44.0. The average molecular weight is 275 g/mol. The van der Waals surface area contributed by atoms with E-state index >= 15 is 0 Å². The van der Waals surface area contributed by atoms with Crippen LogP contribution in [0, 0.1) is 22.7 Å². The van der Waals surface area contributed by atoms with Gasteiger partial charge in [-0.05, 0) is 61.2 Å². The zero-order chi connectivity index (χ0) is 14.0. The van der Waals surface area contributed by atoms with Crippen molar-refractivity contribution in [3.8, 4) is 0 Å². The quantitative estimate of drug-likeness (QED) is 0.921. The van der Waals surface area contributed by atoms with Gasteiger partial charge in [-0.3, -0.25) is 4.68 Å². The monoisotopic (exact) mass is 275 g/mol. The minimum atomic E-state index is -0.246. The molecule has 4 aliphatic rings. The lowest BCUT2D eigenvalue weighted by Crippen LogP contribution is -2.55. The van der Waals surface area contributed by atoms with Crippen molar-refractivity contribution in [2.24, 2.45) is 29.7 Å². The predicted octanol–water partition coefficient (Wildman–Crippen LogP) is 2.33. The van der Waals surface area contributed by atoms with Crippen LogP contribution in [-0.2, 0) is 13.5 Å². The topological polar surface area (TPSA) is 50.9 Å². The summed E-state index contributed by atoms with van der Waals surface area (Å²) in [6.07, 6.45) is 10.2. The summed E-state index contributed by atoms with van der Waals surface area (Å²) >= 11 is 0. The summed E-state index contributed by atoms with van der Waals surface area (Å²) in [5.41, 5.74) is 1.59. The number of aliphatic hydroxyl groups is 1. The van der Waals surface area contributed by atoms with Crippen LogP contribution in [0.2, 0.25) is 0 Å². The highest BCUT2D eigenvalue weighted by Crippen LogP contribution is 2.66. The first kappa shape index (κ1) is 12.8. The molecular weight excluding hydrogens is 250 g/mol. The van der Waals surface area contributed by atoms with Gasteiger partial charge in [0.2, 0.25) is 0 Å². The molecule has 3 atom stereocenters. The Morgan fingerprint density at radius 3 is 2.60 bits per heavy atom. The van der Waals surface area contributed by atoms with E-state index in [0.717, 1.165) is 17.5 Å². The largest absolute Gasteiger partial charge is 0.392 e. The maximum atomic E-state index is 10.9. The zero-order valence-electron chi connectivity index (χ0n) is 12.5. The van der Waals surface area contributed by atoms with Crippen molar-refractivity contribution in [2.75, 3.05) is 0 Å². The minimum absolute atomic E-state index is 0.163. The highest BCUT2D eigenvalue weighted by Gasteiger charge is 2.58. The molecule has 1 heterocycles. The molecule has 0 spiro atoms. The van der Waals surface area contributed by atoms with Gasteiger partial charge in [0.25, 0.3) is 0 Å². The summed E-state index contributed by atoms with van der Waals surface area (Å²) < 4.78 is 1.73. The van der Waals surface area contributed by atoms with Crippen molar-refractivity contribution in [3.05, 3.63) is 11.9 Å². The van der Waals surface area contributed by atoms with Crippen LogP contribution < -0.4 is 0 Å². The number of hydrogen-bond acceptors (Lipinski definition) is 3. The van der Waals surface area contributed by atoms with E-state index < -0.39 is 0 Å². The average Bonchev–Trinajstić information content (AvgIpc) is 2.71. The standard InChI is InChI=1S/C16H25N3O/c1-15-5-11-3-12(6-15)8-16(7-11,10-15)14(20)4-13-9-19(2)18-17-13/h9,11-12,14,20H,3-8,10H2,1-2H3. The predicted molar refractivity (Wildman–Crippen MR) is 75.9 cm³/mol. The summed E-state index contributed by atoms with van der Waals surface area (Å²) in [5.74, 6) is 1.72. The molecule has 4 fully saturated rings. The van der Waals surface area contributed by atoms with Gasteiger partial charge in [-0.1, -0.05) is 12.1 Å². The van der Waals surface area contributed by atoms with Crippen molar-refractivity contribution >= 4 is 0 Å². The third kappa shape index (κ3) is 1.92. The molecule has 4 aliphatic carbocycles. The molecule has 110 valence electrons. The van der Waals surface area contributed by atoms with Crippen LogP contribution in [0.5, 0.6) is 0 Å². The highest BCUT2D eigenvalue weighted by atomic mass is 16.3. The summed E-state index contributed by atoms with van der Waals surface area (Å²) in [6.45, 7) is 2.45. The van der Waals surface area contributed by atoms with E-state index in [9.17, 15) is 5.11 Å². The Kier molecular flexibility index (Phi) is 2.60. The number of aliphatic hydroxyl groups excluding tert-OH is 1.